The normalized spacial score (nSPS) is 15.3. The molecule has 0 bridgehead atoms. The molecule has 1 aliphatic rings. The SMILES string of the molecule is CC(C)Oc1ccc(S(=O)(=O)N2CCCCC2)cc1NC(=O)C(C)(C)Oc1ccc(Cl)cc1. The van der Waals surface area contributed by atoms with Gasteiger partial charge in [-0.1, -0.05) is 18.0 Å². The van der Waals surface area contributed by atoms with Gasteiger partial charge in [-0.2, -0.15) is 4.31 Å². The monoisotopic (exact) mass is 494 g/mol. The fraction of sp³-hybridized carbons (Fsp3) is 0.458. The minimum atomic E-state index is -3.67. The van der Waals surface area contributed by atoms with E-state index in [1.807, 2.05) is 13.8 Å². The van der Waals surface area contributed by atoms with Gasteiger partial charge >= 0.3 is 0 Å². The van der Waals surface area contributed by atoms with Gasteiger partial charge in [-0.15, -0.1) is 0 Å². The van der Waals surface area contributed by atoms with Gasteiger partial charge in [0.2, 0.25) is 10.0 Å². The highest BCUT2D eigenvalue weighted by Crippen LogP contribution is 2.32. The van der Waals surface area contributed by atoms with E-state index in [1.54, 1.807) is 44.2 Å². The molecule has 0 unspecified atom stereocenters. The summed E-state index contributed by atoms with van der Waals surface area (Å²) >= 11 is 5.92. The highest BCUT2D eigenvalue weighted by atomic mass is 35.5. The number of sulfonamides is 1. The molecule has 3 rings (SSSR count). The van der Waals surface area contributed by atoms with Crippen LogP contribution in [-0.4, -0.2) is 43.4 Å². The number of carbonyl (C=O) groups excluding carboxylic acids is 1. The molecule has 0 aromatic heterocycles. The van der Waals surface area contributed by atoms with E-state index < -0.39 is 21.5 Å². The summed E-state index contributed by atoms with van der Waals surface area (Å²) in [5, 5.41) is 3.37. The van der Waals surface area contributed by atoms with E-state index in [4.69, 9.17) is 21.1 Å². The number of hydrogen-bond donors (Lipinski definition) is 1. The first kappa shape index (κ1) is 25.3. The Kier molecular flexibility index (Phi) is 7.92. The van der Waals surface area contributed by atoms with Gasteiger partial charge in [0.25, 0.3) is 5.91 Å². The van der Waals surface area contributed by atoms with Crippen LogP contribution in [-0.2, 0) is 14.8 Å². The predicted octanol–water partition coefficient (Wildman–Crippen LogP) is 5.10. The Hall–Kier alpha value is -2.29. The van der Waals surface area contributed by atoms with E-state index in [9.17, 15) is 13.2 Å². The van der Waals surface area contributed by atoms with Crippen LogP contribution in [0, 0.1) is 0 Å². The third-order valence-electron chi connectivity index (χ3n) is 5.25. The van der Waals surface area contributed by atoms with Crippen molar-refractivity contribution in [2.24, 2.45) is 0 Å². The van der Waals surface area contributed by atoms with Crippen molar-refractivity contribution in [2.45, 2.75) is 63.6 Å². The van der Waals surface area contributed by atoms with Gasteiger partial charge in [0, 0.05) is 18.1 Å². The third-order valence-corrected chi connectivity index (χ3v) is 7.39. The minimum Gasteiger partial charge on any atom is -0.489 e. The smallest absolute Gasteiger partial charge is 0.268 e. The van der Waals surface area contributed by atoms with E-state index in [0.29, 0.717) is 29.6 Å². The zero-order chi connectivity index (χ0) is 24.2. The van der Waals surface area contributed by atoms with Gasteiger partial charge < -0.3 is 14.8 Å². The number of amides is 1. The maximum Gasteiger partial charge on any atom is 0.268 e. The van der Waals surface area contributed by atoms with Crippen LogP contribution in [0.1, 0.15) is 47.0 Å². The number of rotatable bonds is 8. The van der Waals surface area contributed by atoms with Crippen LogP contribution in [0.5, 0.6) is 11.5 Å². The molecule has 1 amide bonds. The fourth-order valence-electron chi connectivity index (χ4n) is 3.49. The van der Waals surface area contributed by atoms with E-state index in [1.165, 1.54) is 16.4 Å². The van der Waals surface area contributed by atoms with Crippen molar-refractivity contribution >= 4 is 33.2 Å². The highest BCUT2D eigenvalue weighted by Gasteiger charge is 2.32. The predicted molar refractivity (Wildman–Crippen MR) is 130 cm³/mol. The van der Waals surface area contributed by atoms with Crippen molar-refractivity contribution in [3.63, 3.8) is 0 Å². The first-order valence-corrected chi connectivity index (χ1v) is 12.9. The minimum absolute atomic E-state index is 0.118. The van der Waals surface area contributed by atoms with Crippen LogP contribution < -0.4 is 14.8 Å². The molecule has 1 fully saturated rings. The van der Waals surface area contributed by atoms with Crippen molar-refractivity contribution in [1.29, 1.82) is 0 Å². The maximum atomic E-state index is 13.2. The summed E-state index contributed by atoms with van der Waals surface area (Å²) in [6.45, 7) is 7.98. The second kappa shape index (κ2) is 10.3. The largest absolute Gasteiger partial charge is 0.489 e. The summed E-state index contributed by atoms with van der Waals surface area (Å²) in [6.07, 6.45) is 2.54. The number of anilines is 1. The Morgan fingerprint density at radius 3 is 2.30 bits per heavy atom. The van der Waals surface area contributed by atoms with Gasteiger partial charge in [0.15, 0.2) is 5.60 Å². The second-order valence-electron chi connectivity index (χ2n) is 8.81. The van der Waals surface area contributed by atoms with Crippen LogP contribution in [0.3, 0.4) is 0 Å². The van der Waals surface area contributed by atoms with Gasteiger partial charge in [-0.3, -0.25) is 4.79 Å². The van der Waals surface area contributed by atoms with E-state index in [2.05, 4.69) is 5.32 Å². The van der Waals surface area contributed by atoms with E-state index in [0.717, 1.165) is 19.3 Å². The van der Waals surface area contributed by atoms with E-state index >= 15 is 0 Å². The van der Waals surface area contributed by atoms with Crippen LogP contribution in [0.4, 0.5) is 5.69 Å². The molecule has 1 saturated heterocycles. The molecule has 180 valence electrons. The molecule has 33 heavy (non-hydrogen) atoms. The topological polar surface area (TPSA) is 84.9 Å². The molecule has 1 heterocycles. The van der Waals surface area contributed by atoms with Crippen molar-refractivity contribution in [3.8, 4) is 11.5 Å². The number of hydrogen-bond acceptors (Lipinski definition) is 5. The van der Waals surface area contributed by atoms with Crippen LogP contribution in [0.25, 0.3) is 0 Å². The van der Waals surface area contributed by atoms with Gasteiger partial charge in [-0.05, 0) is 83.0 Å². The Bertz CT molecular complexity index is 1080. The van der Waals surface area contributed by atoms with Gasteiger partial charge in [0.05, 0.1) is 16.7 Å². The fourth-order valence-corrected chi connectivity index (χ4v) is 5.16. The number of carbonyl (C=O) groups is 1. The average molecular weight is 495 g/mol. The lowest BCUT2D eigenvalue weighted by Gasteiger charge is -2.27. The highest BCUT2D eigenvalue weighted by molar-refractivity contribution is 7.89. The van der Waals surface area contributed by atoms with Crippen molar-refractivity contribution in [3.05, 3.63) is 47.5 Å². The number of ether oxygens (including phenoxy) is 2. The summed E-state index contributed by atoms with van der Waals surface area (Å²) in [5.74, 6) is 0.427. The van der Waals surface area contributed by atoms with Crippen LogP contribution in [0.2, 0.25) is 5.02 Å². The lowest BCUT2D eigenvalue weighted by Crippen LogP contribution is -2.42. The van der Waals surface area contributed by atoms with Crippen molar-refractivity contribution < 1.29 is 22.7 Å². The van der Waals surface area contributed by atoms with Crippen molar-refractivity contribution in [2.75, 3.05) is 18.4 Å². The maximum absolute atomic E-state index is 13.2. The van der Waals surface area contributed by atoms with Gasteiger partial charge in [0.1, 0.15) is 11.5 Å². The zero-order valence-corrected chi connectivity index (χ0v) is 21.0. The standard InChI is InChI=1S/C24H31ClN2O5S/c1-17(2)31-22-13-12-20(33(29,30)27-14-6-5-7-15-27)16-21(22)26-23(28)24(3,4)32-19-10-8-18(25)9-11-19/h8-13,16-17H,5-7,14-15H2,1-4H3,(H,26,28). The molecule has 2 aromatic carbocycles. The number of halogens is 1. The molecule has 7 nitrogen and oxygen atoms in total. The summed E-state index contributed by atoms with van der Waals surface area (Å²) < 4.78 is 39.5. The molecule has 0 spiro atoms. The summed E-state index contributed by atoms with van der Waals surface area (Å²) in [4.78, 5) is 13.2. The van der Waals surface area contributed by atoms with Gasteiger partial charge in [-0.25, -0.2) is 8.42 Å². The molecule has 0 aliphatic carbocycles. The molecule has 1 aliphatic heterocycles. The summed E-state index contributed by atoms with van der Waals surface area (Å²) in [6, 6.07) is 11.3. The summed E-state index contributed by atoms with van der Waals surface area (Å²) in [7, 11) is -3.67. The Morgan fingerprint density at radius 1 is 1.06 bits per heavy atom. The lowest BCUT2D eigenvalue weighted by molar-refractivity contribution is -0.128. The average Bonchev–Trinajstić information content (AvgIpc) is 2.76. The summed E-state index contributed by atoms with van der Waals surface area (Å²) in [5.41, 5.74) is -0.968. The Balaban J connectivity index is 1.88. The van der Waals surface area contributed by atoms with E-state index in [-0.39, 0.29) is 16.7 Å². The zero-order valence-electron chi connectivity index (χ0n) is 19.4. The van der Waals surface area contributed by atoms with Crippen LogP contribution >= 0.6 is 11.6 Å². The third kappa shape index (κ3) is 6.40. The Labute approximate surface area is 201 Å². The molecule has 0 atom stereocenters. The first-order valence-electron chi connectivity index (χ1n) is 11.1. The molecule has 0 radical (unpaired) electrons. The second-order valence-corrected chi connectivity index (χ2v) is 11.2. The number of nitrogens with one attached hydrogen (secondary N) is 1. The van der Waals surface area contributed by atoms with Crippen LogP contribution in [0.15, 0.2) is 47.4 Å². The molecule has 1 N–H and O–H groups in total. The number of nitrogens with zero attached hydrogens (tertiary/aromatic N) is 1. The molecular weight excluding hydrogens is 464 g/mol. The first-order chi connectivity index (χ1) is 15.5. The lowest BCUT2D eigenvalue weighted by atomic mass is 10.1. The molecule has 0 saturated carbocycles. The number of piperidine rings is 1. The molecule has 9 heteroatoms. The quantitative estimate of drug-likeness (QED) is 0.552. The van der Waals surface area contributed by atoms with Crippen molar-refractivity contribution in [1.82, 2.24) is 4.31 Å². The molecular formula is C24H31ClN2O5S. The number of benzene rings is 2. The molecule has 2 aromatic rings. The Morgan fingerprint density at radius 2 is 1.70 bits per heavy atom.